The van der Waals surface area contributed by atoms with E-state index in [0.29, 0.717) is 12.2 Å². The SMILES string of the molecule is O=C(NC(=S)Nc1cccc(OCC2CCCCO2)c1)c1cc2ccccc2o1. The third kappa shape index (κ3) is 5.13. The maximum absolute atomic E-state index is 12.4. The molecule has 1 aromatic heterocycles. The van der Waals surface area contributed by atoms with Crippen molar-refractivity contribution >= 4 is 39.9 Å². The van der Waals surface area contributed by atoms with Gasteiger partial charge >= 0.3 is 0 Å². The van der Waals surface area contributed by atoms with Crippen LogP contribution in [0.3, 0.4) is 0 Å². The minimum Gasteiger partial charge on any atom is -0.491 e. The Labute approximate surface area is 174 Å². The normalized spacial score (nSPS) is 16.3. The summed E-state index contributed by atoms with van der Waals surface area (Å²) in [5, 5.41) is 6.68. The van der Waals surface area contributed by atoms with E-state index in [0.717, 1.165) is 36.3 Å². The van der Waals surface area contributed by atoms with Gasteiger partial charge < -0.3 is 19.2 Å². The van der Waals surface area contributed by atoms with Gasteiger partial charge in [0.25, 0.3) is 5.91 Å². The summed E-state index contributed by atoms with van der Waals surface area (Å²) in [6, 6.07) is 16.6. The van der Waals surface area contributed by atoms with Crippen LogP contribution in [0.15, 0.2) is 59.0 Å². The number of ether oxygens (including phenoxy) is 2. The second kappa shape index (κ2) is 9.07. The standard InChI is InChI=1S/C22H22N2O4S/c25-21(20-12-15-6-1-2-10-19(15)28-20)24-22(29)23-16-7-5-9-17(13-16)27-14-18-8-3-4-11-26-18/h1-2,5-7,9-10,12-13,18H,3-4,8,11,14H2,(H2,23,24,25,29). The molecular formula is C22H22N2O4S. The molecule has 0 spiro atoms. The van der Waals surface area contributed by atoms with Gasteiger partial charge in [-0.15, -0.1) is 0 Å². The predicted molar refractivity (Wildman–Crippen MR) is 115 cm³/mol. The second-order valence-electron chi connectivity index (χ2n) is 6.88. The van der Waals surface area contributed by atoms with Gasteiger partial charge in [-0.1, -0.05) is 24.3 Å². The van der Waals surface area contributed by atoms with E-state index in [2.05, 4.69) is 10.6 Å². The Hall–Kier alpha value is -2.90. The molecule has 1 aliphatic rings. The molecule has 0 radical (unpaired) electrons. The minimum absolute atomic E-state index is 0.143. The molecule has 0 aliphatic carbocycles. The Morgan fingerprint density at radius 2 is 2.03 bits per heavy atom. The number of para-hydroxylation sites is 1. The van der Waals surface area contributed by atoms with Crippen LogP contribution < -0.4 is 15.4 Å². The summed E-state index contributed by atoms with van der Waals surface area (Å²) >= 11 is 5.26. The lowest BCUT2D eigenvalue weighted by Gasteiger charge is -2.22. The summed E-state index contributed by atoms with van der Waals surface area (Å²) in [7, 11) is 0. The smallest absolute Gasteiger partial charge is 0.293 e. The zero-order valence-electron chi connectivity index (χ0n) is 15.9. The van der Waals surface area contributed by atoms with E-state index in [1.165, 1.54) is 6.42 Å². The van der Waals surface area contributed by atoms with Crippen LogP contribution in [0.4, 0.5) is 5.69 Å². The third-order valence-corrected chi connectivity index (χ3v) is 4.88. The van der Waals surface area contributed by atoms with Crippen LogP contribution in [-0.2, 0) is 4.74 Å². The van der Waals surface area contributed by atoms with Gasteiger partial charge in [-0.05, 0) is 55.7 Å². The van der Waals surface area contributed by atoms with Crippen LogP contribution in [-0.4, -0.2) is 30.3 Å². The highest BCUT2D eigenvalue weighted by molar-refractivity contribution is 7.80. The fourth-order valence-corrected chi connectivity index (χ4v) is 3.42. The zero-order chi connectivity index (χ0) is 20.1. The first-order chi connectivity index (χ1) is 14.2. The molecule has 1 fully saturated rings. The third-order valence-electron chi connectivity index (χ3n) is 4.68. The van der Waals surface area contributed by atoms with Gasteiger partial charge in [-0.2, -0.15) is 0 Å². The van der Waals surface area contributed by atoms with Crippen LogP contribution in [0.25, 0.3) is 11.0 Å². The molecule has 2 N–H and O–H groups in total. The Kier molecular flexibility index (Phi) is 6.07. The van der Waals surface area contributed by atoms with Crippen molar-refractivity contribution in [1.82, 2.24) is 5.32 Å². The summed E-state index contributed by atoms with van der Waals surface area (Å²) in [5.74, 6) is 0.524. The van der Waals surface area contributed by atoms with E-state index >= 15 is 0 Å². The number of furan rings is 1. The molecule has 7 heteroatoms. The molecule has 3 aromatic rings. The minimum atomic E-state index is -0.402. The summed E-state index contributed by atoms with van der Waals surface area (Å²) in [4.78, 5) is 12.4. The summed E-state index contributed by atoms with van der Waals surface area (Å²) in [5.41, 5.74) is 1.38. The van der Waals surface area contributed by atoms with Crippen molar-refractivity contribution in [3.63, 3.8) is 0 Å². The van der Waals surface area contributed by atoms with E-state index < -0.39 is 5.91 Å². The van der Waals surface area contributed by atoms with E-state index in [1.54, 1.807) is 6.07 Å². The van der Waals surface area contributed by atoms with Gasteiger partial charge in [0.15, 0.2) is 10.9 Å². The number of thiocarbonyl (C=S) groups is 1. The molecule has 6 nitrogen and oxygen atoms in total. The Balaban J connectivity index is 1.32. The van der Waals surface area contributed by atoms with Crippen LogP contribution in [0.5, 0.6) is 5.75 Å². The van der Waals surface area contributed by atoms with Crippen molar-refractivity contribution < 1.29 is 18.7 Å². The zero-order valence-corrected chi connectivity index (χ0v) is 16.7. The molecular weight excluding hydrogens is 388 g/mol. The van der Waals surface area contributed by atoms with Gasteiger partial charge in [0.05, 0.1) is 6.10 Å². The van der Waals surface area contributed by atoms with Crippen molar-refractivity contribution in [3.05, 3.63) is 60.4 Å². The van der Waals surface area contributed by atoms with Gasteiger partial charge in [-0.25, -0.2) is 0 Å². The molecule has 0 saturated carbocycles. The molecule has 4 rings (SSSR count). The number of anilines is 1. The average molecular weight is 410 g/mol. The summed E-state index contributed by atoms with van der Waals surface area (Å²) in [6.07, 6.45) is 3.46. The number of benzene rings is 2. The van der Waals surface area contributed by atoms with Gasteiger partial charge in [0.1, 0.15) is 17.9 Å². The van der Waals surface area contributed by atoms with Crippen molar-refractivity contribution in [1.29, 1.82) is 0 Å². The summed E-state index contributed by atoms with van der Waals surface area (Å²) in [6.45, 7) is 1.32. The van der Waals surface area contributed by atoms with Crippen LogP contribution in [0.2, 0.25) is 0 Å². The fraction of sp³-hybridized carbons (Fsp3) is 0.273. The number of nitrogens with one attached hydrogen (secondary N) is 2. The molecule has 2 heterocycles. The maximum atomic E-state index is 12.4. The molecule has 1 atom stereocenters. The number of hydrogen-bond donors (Lipinski definition) is 2. The van der Waals surface area contributed by atoms with Crippen molar-refractivity contribution in [2.75, 3.05) is 18.5 Å². The lowest BCUT2D eigenvalue weighted by Crippen LogP contribution is -2.33. The first-order valence-corrected chi connectivity index (χ1v) is 10.0. The van der Waals surface area contributed by atoms with Gasteiger partial charge in [0.2, 0.25) is 0 Å². The fourth-order valence-electron chi connectivity index (χ4n) is 3.21. The van der Waals surface area contributed by atoms with Crippen molar-refractivity contribution in [3.8, 4) is 5.75 Å². The number of carbonyl (C=O) groups is 1. The molecule has 1 unspecified atom stereocenters. The Morgan fingerprint density at radius 3 is 2.86 bits per heavy atom. The quantitative estimate of drug-likeness (QED) is 0.603. The highest BCUT2D eigenvalue weighted by Gasteiger charge is 2.15. The maximum Gasteiger partial charge on any atom is 0.293 e. The highest BCUT2D eigenvalue weighted by atomic mass is 32.1. The molecule has 1 aliphatic heterocycles. The molecule has 2 aromatic carbocycles. The second-order valence-corrected chi connectivity index (χ2v) is 7.29. The Morgan fingerprint density at radius 1 is 1.14 bits per heavy atom. The van der Waals surface area contributed by atoms with Crippen LogP contribution >= 0.6 is 12.2 Å². The number of amides is 1. The first kappa shape index (κ1) is 19.4. The van der Waals surface area contributed by atoms with Crippen LogP contribution in [0.1, 0.15) is 29.8 Å². The molecule has 150 valence electrons. The highest BCUT2D eigenvalue weighted by Crippen LogP contribution is 2.21. The van der Waals surface area contributed by atoms with E-state index in [4.69, 9.17) is 26.1 Å². The topological polar surface area (TPSA) is 72.7 Å². The monoisotopic (exact) mass is 410 g/mol. The van der Waals surface area contributed by atoms with Crippen molar-refractivity contribution in [2.24, 2.45) is 0 Å². The summed E-state index contributed by atoms with van der Waals surface area (Å²) < 4.78 is 17.1. The average Bonchev–Trinajstić information content (AvgIpc) is 3.18. The van der Waals surface area contributed by atoms with E-state index in [-0.39, 0.29) is 17.0 Å². The lowest BCUT2D eigenvalue weighted by atomic mass is 10.1. The lowest BCUT2D eigenvalue weighted by molar-refractivity contribution is -0.0110. The molecule has 0 bridgehead atoms. The van der Waals surface area contributed by atoms with E-state index in [1.807, 2.05) is 48.5 Å². The predicted octanol–water partition coefficient (Wildman–Crippen LogP) is 4.51. The first-order valence-electron chi connectivity index (χ1n) is 9.63. The molecule has 1 amide bonds. The van der Waals surface area contributed by atoms with Gasteiger partial charge in [-0.3, -0.25) is 10.1 Å². The number of hydrogen-bond acceptors (Lipinski definition) is 5. The number of rotatable bonds is 5. The van der Waals surface area contributed by atoms with Crippen LogP contribution in [0, 0.1) is 0 Å². The van der Waals surface area contributed by atoms with E-state index in [9.17, 15) is 4.79 Å². The van der Waals surface area contributed by atoms with Gasteiger partial charge in [0, 0.05) is 23.7 Å². The molecule has 29 heavy (non-hydrogen) atoms. The molecule has 1 saturated heterocycles. The number of carbonyl (C=O) groups excluding carboxylic acids is 1. The Bertz CT molecular complexity index is 978. The number of fused-ring (bicyclic) bond motifs is 1. The van der Waals surface area contributed by atoms with Crippen molar-refractivity contribution in [2.45, 2.75) is 25.4 Å². The largest absolute Gasteiger partial charge is 0.491 e.